The van der Waals surface area contributed by atoms with Crippen LogP contribution in [0.5, 0.6) is 11.5 Å². The molecule has 0 saturated carbocycles. The highest BCUT2D eigenvalue weighted by Crippen LogP contribution is 2.42. The molecule has 3 rings (SSSR count). The van der Waals surface area contributed by atoms with Gasteiger partial charge in [-0.25, -0.2) is 0 Å². The van der Waals surface area contributed by atoms with Crippen molar-refractivity contribution in [2.24, 2.45) is 0 Å². The fourth-order valence-corrected chi connectivity index (χ4v) is 3.18. The molecule has 1 aliphatic heterocycles. The Morgan fingerprint density at radius 2 is 1.75 bits per heavy atom. The normalized spacial score (nSPS) is 14.0. The summed E-state index contributed by atoms with van der Waals surface area (Å²) < 4.78 is 5.76. The Bertz CT molecular complexity index is 792. The molecule has 0 aliphatic carbocycles. The average Bonchev–Trinajstić information content (AvgIpc) is 3.07. The first-order chi connectivity index (χ1) is 11.5. The number of nitro groups is 1. The van der Waals surface area contributed by atoms with Crippen molar-refractivity contribution in [3.63, 3.8) is 0 Å². The quantitative estimate of drug-likeness (QED) is 0.480. The molecule has 0 unspecified atom stereocenters. The van der Waals surface area contributed by atoms with E-state index in [1.165, 1.54) is 6.07 Å². The monoisotopic (exact) mass is 386 g/mol. The maximum atomic E-state index is 11.3. The third-order valence-corrected chi connectivity index (χ3v) is 4.91. The second-order valence-electron chi connectivity index (χ2n) is 5.38. The molecule has 2 aromatic rings. The molecule has 5 nitrogen and oxygen atoms in total. The van der Waals surface area contributed by atoms with Gasteiger partial charge in [0.2, 0.25) is 0 Å². The summed E-state index contributed by atoms with van der Waals surface area (Å²) in [4.78, 5) is 12.9. The highest BCUT2D eigenvalue weighted by Gasteiger charge is 2.25. The lowest BCUT2D eigenvalue weighted by atomic mass is 10.2. The van der Waals surface area contributed by atoms with E-state index in [1.807, 2.05) is 4.90 Å². The standard InChI is InChI=1S/C16H13Cl3N2O3/c17-10-4-3-5-14(16(10)19)24-15-9-12(20-6-1-2-7-20)13(21(22)23)8-11(15)18/h3-5,8-9H,1-2,6-7H2. The lowest BCUT2D eigenvalue weighted by molar-refractivity contribution is -0.384. The molecule has 0 N–H and O–H groups in total. The molecule has 1 aliphatic rings. The van der Waals surface area contributed by atoms with Crippen LogP contribution in [0.15, 0.2) is 30.3 Å². The van der Waals surface area contributed by atoms with Crippen LogP contribution < -0.4 is 9.64 Å². The van der Waals surface area contributed by atoms with Gasteiger partial charge in [-0.3, -0.25) is 10.1 Å². The Morgan fingerprint density at radius 3 is 2.42 bits per heavy atom. The van der Waals surface area contributed by atoms with Gasteiger partial charge >= 0.3 is 0 Å². The Balaban J connectivity index is 2.03. The largest absolute Gasteiger partial charge is 0.454 e. The lowest BCUT2D eigenvalue weighted by Crippen LogP contribution is -2.19. The Kier molecular flexibility index (Phi) is 5.04. The molecule has 0 amide bonds. The van der Waals surface area contributed by atoms with Crippen molar-refractivity contribution in [1.82, 2.24) is 0 Å². The Labute approximate surface area is 153 Å². The van der Waals surface area contributed by atoms with Gasteiger partial charge in [0.1, 0.15) is 22.2 Å². The van der Waals surface area contributed by atoms with Crippen LogP contribution in [-0.4, -0.2) is 18.0 Å². The van der Waals surface area contributed by atoms with Crippen molar-refractivity contribution in [3.05, 3.63) is 55.5 Å². The summed E-state index contributed by atoms with van der Waals surface area (Å²) in [5.41, 5.74) is 0.460. The third kappa shape index (κ3) is 3.38. The van der Waals surface area contributed by atoms with Gasteiger partial charge in [-0.2, -0.15) is 0 Å². The zero-order chi connectivity index (χ0) is 17.3. The van der Waals surface area contributed by atoms with Crippen LogP contribution in [0.3, 0.4) is 0 Å². The van der Waals surface area contributed by atoms with Crippen LogP contribution in [0.4, 0.5) is 11.4 Å². The van der Waals surface area contributed by atoms with E-state index in [0.717, 1.165) is 25.9 Å². The van der Waals surface area contributed by atoms with Gasteiger partial charge < -0.3 is 9.64 Å². The summed E-state index contributed by atoms with van der Waals surface area (Å²) in [7, 11) is 0. The molecular formula is C16H13Cl3N2O3. The molecule has 1 fully saturated rings. The number of nitrogens with zero attached hydrogens (tertiary/aromatic N) is 2. The summed E-state index contributed by atoms with van der Waals surface area (Å²) in [6.45, 7) is 1.53. The van der Waals surface area contributed by atoms with E-state index in [0.29, 0.717) is 22.2 Å². The molecule has 0 atom stereocenters. The number of ether oxygens (including phenoxy) is 1. The smallest absolute Gasteiger partial charge is 0.294 e. The summed E-state index contributed by atoms with van der Waals surface area (Å²) in [5, 5.41) is 12.1. The van der Waals surface area contributed by atoms with Crippen LogP contribution in [-0.2, 0) is 0 Å². The topological polar surface area (TPSA) is 55.6 Å². The lowest BCUT2D eigenvalue weighted by Gasteiger charge is -2.19. The molecule has 0 bridgehead atoms. The van der Waals surface area contributed by atoms with Crippen molar-refractivity contribution in [1.29, 1.82) is 0 Å². The molecule has 24 heavy (non-hydrogen) atoms. The fraction of sp³-hybridized carbons (Fsp3) is 0.250. The molecule has 1 heterocycles. The number of benzene rings is 2. The van der Waals surface area contributed by atoms with E-state index in [1.54, 1.807) is 24.3 Å². The van der Waals surface area contributed by atoms with Crippen molar-refractivity contribution in [2.75, 3.05) is 18.0 Å². The minimum atomic E-state index is -0.435. The second kappa shape index (κ2) is 7.05. The van der Waals surface area contributed by atoms with E-state index in [9.17, 15) is 10.1 Å². The van der Waals surface area contributed by atoms with E-state index >= 15 is 0 Å². The van der Waals surface area contributed by atoms with Crippen molar-refractivity contribution >= 4 is 46.2 Å². The first-order valence-electron chi connectivity index (χ1n) is 7.32. The molecular weight excluding hydrogens is 375 g/mol. The predicted octanol–water partition coefficient (Wildman–Crippen LogP) is 5.95. The zero-order valence-electron chi connectivity index (χ0n) is 12.5. The number of halogens is 3. The molecule has 0 aromatic heterocycles. The second-order valence-corrected chi connectivity index (χ2v) is 6.57. The molecule has 0 spiro atoms. The number of hydrogen-bond acceptors (Lipinski definition) is 4. The first-order valence-corrected chi connectivity index (χ1v) is 8.45. The van der Waals surface area contributed by atoms with Crippen LogP contribution in [0, 0.1) is 10.1 Å². The minimum Gasteiger partial charge on any atom is -0.454 e. The average molecular weight is 388 g/mol. The third-order valence-electron chi connectivity index (χ3n) is 3.81. The molecule has 1 saturated heterocycles. The predicted molar refractivity (Wildman–Crippen MR) is 96.1 cm³/mol. The van der Waals surface area contributed by atoms with Gasteiger partial charge in [0.05, 0.1) is 15.0 Å². The molecule has 2 aromatic carbocycles. The van der Waals surface area contributed by atoms with Gasteiger partial charge in [0.25, 0.3) is 5.69 Å². The van der Waals surface area contributed by atoms with E-state index in [2.05, 4.69) is 0 Å². The van der Waals surface area contributed by atoms with E-state index in [4.69, 9.17) is 39.5 Å². The zero-order valence-corrected chi connectivity index (χ0v) is 14.7. The van der Waals surface area contributed by atoms with Gasteiger partial charge in [0, 0.05) is 25.2 Å². The van der Waals surface area contributed by atoms with Crippen molar-refractivity contribution in [3.8, 4) is 11.5 Å². The molecule has 126 valence electrons. The van der Waals surface area contributed by atoms with E-state index in [-0.39, 0.29) is 15.7 Å². The summed E-state index contributed by atoms with van der Waals surface area (Å²) in [6.07, 6.45) is 1.99. The number of rotatable bonds is 4. The Hall–Kier alpha value is -1.69. The van der Waals surface area contributed by atoms with Crippen LogP contribution in [0.1, 0.15) is 12.8 Å². The van der Waals surface area contributed by atoms with Crippen LogP contribution in [0.2, 0.25) is 15.1 Å². The number of hydrogen-bond donors (Lipinski definition) is 0. The summed E-state index contributed by atoms with van der Waals surface area (Å²) in [5.74, 6) is 0.639. The van der Waals surface area contributed by atoms with Crippen LogP contribution in [0.25, 0.3) is 0 Å². The summed E-state index contributed by atoms with van der Waals surface area (Å²) in [6, 6.07) is 7.89. The van der Waals surface area contributed by atoms with Gasteiger partial charge in [-0.1, -0.05) is 40.9 Å². The fourth-order valence-electron chi connectivity index (χ4n) is 2.65. The van der Waals surface area contributed by atoms with Gasteiger partial charge in [-0.05, 0) is 25.0 Å². The van der Waals surface area contributed by atoms with Gasteiger partial charge in [0.15, 0.2) is 0 Å². The van der Waals surface area contributed by atoms with Crippen LogP contribution >= 0.6 is 34.8 Å². The Morgan fingerprint density at radius 1 is 1.04 bits per heavy atom. The highest BCUT2D eigenvalue weighted by atomic mass is 35.5. The maximum Gasteiger partial charge on any atom is 0.294 e. The number of nitro benzene ring substituents is 1. The molecule has 0 radical (unpaired) electrons. The minimum absolute atomic E-state index is 0.0357. The highest BCUT2D eigenvalue weighted by molar-refractivity contribution is 6.43. The molecule has 8 heteroatoms. The van der Waals surface area contributed by atoms with E-state index < -0.39 is 4.92 Å². The van der Waals surface area contributed by atoms with Gasteiger partial charge in [-0.15, -0.1) is 0 Å². The first kappa shape index (κ1) is 17.1. The van der Waals surface area contributed by atoms with Crippen molar-refractivity contribution < 1.29 is 9.66 Å². The van der Waals surface area contributed by atoms with Crippen molar-refractivity contribution in [2.45, 2.75) is 12.8 Å². The summed E-state index contributed by atoms with van der Waals surface area (Å²) >= 11 is 18.3. The number of anilines is 1. The maximum absolute atomic E-state index is 11.3. The SMILES string of the molecule is O=[N+]([O-])c1cc(Cl)c(Oc2cccc(Cl)c2Cl)cc1N1CCCC1.